The molecule has 4 nitrogen and oxygen atoms in total. The molecule has 0 saturated carbocycles. The molecule has 0 spiro atoms. The molecule has 114 valence electrons. The van der Waals surface area contributed by atoms with E-state index < -0.39 is 11.5 Å². The molecule has 2 aliphatic rings. The molecule has 4 heteroatoms. The first-order valence-corrected chi connectivity index (χ1v) is 7.84. The number of aliphatic carboxylic acids is 1. The Balaban J connectivity index is 2.08. The third-order valence-corrected chi connectivity index (χ3v) is 4.99. The third-order valence-electron chi connectivity index (χ3n) is 4.99. The van der Waals surface area contributed by atoms with Crippen LogP contribution in [0, 0.1) is 0 Å². The van der Waals surface area contributed by atoms with Gasteiger partial charge in [0, 0.05) is 0 Å². The van der Waals surface area contributed by atoms with E-state index >= 15 is 0 Å². The Bertz CT molecular complexity index is 537. The van der Waals surface area contributed by atoms with E-state index in [4.69, 9.17) is 4.74 Å². The minimum atomic E-state index is -0.833. The van der Waals surface area contributed by atoms with Crippen molar-refractivity contribution in [2.75, 3.05) is 20.2 Å². The molecule has 1 aromatic rings. The average Bonchev–Trinajstić information content (AvgIpc) is 2.54. The van der Waals surface area contributed by atoms with Crippen molar-refractivity contribution in [3.8, 4) is 5.75 Å². The number of methoxy groups -OCH3 is 1. The first-order valence-electron chi connectivity index (χ1n) is 7.84. The number of hydrogen-bond acceptors (Lipinski definition) is 3. The predicted octanol–water partition coefficient (Wildman–Crippen LogP) is 2.80. The van der Waals surface area contributed by atoms with Crippen molar-refractivity contribution in [1.82, 2.24) is 4.90 Å². The number of carboxylic acids is 1. The lowest BCUT2D eigenvalue weighted by atomic mass is 9.74. The van der Waals surface area contributed by atoms with Crippen molar-refractivity contribution in [3.05, 3.63) is 29.3 Å². The normalized spacial score (nSPS) is 26.1. The summed E-state index contributed by atoms with van der Waals surface area (Å²) in [6.45, 7) is 1.77. The van der Waals surface area contributed by atoms with Crippen LogP contribution in [-0.4, -0.2) is 36.2 Å². The van der Waals surface area contributed by atoms with Gasteiger partial charge < -0.3 is 9.84 Å². The fourth-order valence-electron chi connectivity index (χ4n) is 3.94. The minimum absolute atomic E-state index is 0.699. The molecule has 1 unspecified atom stereocenters. The highest BCUT2D eigenvalue weighted by atomic mass is 16.5. The van der Waals surface area contributed by atoms with Gasteiger partial charge in [-0.1, -0.05) is 12.5 Å². The Morgan fingerprint density at radius 3 is 2.67 bits per heavy atom. The summed E-state index contributed by atoms with van der Waals surface area (Å²) in [6, 6.07) is 5.87. The van der Waals surface area contributed by atoms with Crippen LogP contribution < -0.4 is 4.74 Å². The second kappa shape index (κ2) is 5.68. The van der Waals surface area contributed by atoms with Crippen molar-refractivity contribution in [2.24, 2.45) is 0 Å². The van der Waals surface area contributed by atoms with E-state index in [1.54, 1.807) is 7.11 Å². The molecule has 1 heterocycles. The van der Waals surface area contributed by atoms with Crippen molar-refractivity contribution >= 4 is 5.97 Å². The second-order valence-corrected chi connectivity index (χ2v) is 6.09. The highest BCUT2D eigenvalue weighted by Crippen LogP contribution is 2.42. The van der Waals surface area contributed by atoms with Gasteiger partial charge >= 0.3 is 5.97 Å². The number of ether oxygens (including phenoxy) is 1. The van der Waals surface area contributed by atoms with Crippen LogP contribution in [0.3, 0.4) is 0 Å². The Kier molecular flexibility index (Phi) is 3.89. The van der Waals surface area contributed by atoms with E-state index in [0.29, 0.717) is 6.42 Å². The fraction of sp³-hybridized carbons (Fsp3) is 0.588. The van der Waals surface area contributed by atoms with Crippen LogP contribution in [0.15, 0.2) is 18.2 Å². The highest BCUT2D eigenvalue weighted by Gasteiger charge is 2.48. The molecule has 1 saturated heterocycles. The van der Waals surface area contributed by atoms with Gasteiger partial charge in [-0.2, -0.15) is 0 Å². The SMILES string of the molecule is COc1ccc2c(c1)CCCC2(C(=O)O)N1CCCCC1. The summed E-state index contributed by atoms with van der Waals surface area (Å²) in [5.41, 5.74) is 1.28. The maximum atomic E-state index is 12.2. The van der Waals surface area contributed by atoms with Gasteiger partial charge in [0.1, 0.15) is 11.3 Å². The first kappa shape index (κ1) is 14.4. The minimum Gasteiger partial charge on any atom is -0.497 e. The number of hydrogen-bond donors (Lipinski definition) is 1. The molecule has 1 atom stereocenters. The molecule has 0 bridgehead atoms. The van der Waals surface area contributed by atoms with E-state index in [-0.39, 0.29) is 0 Å². The Morgan fingerprint density at radius 2 is 2.00 bits per heavy atom. The van der Waals surface area contributed by atoms with Crippen molar-refractivity contribution < 1.29 is 14.6 Å². The fourth-order valence-corrected chi connectivity index (χ4v) is 3.94. The molecular formula is C17H23NO3. The van der Waals surface area contributed by atoms with E-state index in [0.717, 1.165) is 55.6 Å². The van der Waals surface area contributed by atoms with Gasteiger partial charge in [-0.25, -0.2) is 4.79 Å². The quantitative estimate of drug-likeness (QED) is 0.929. The molecule has 0 aromatic heterocycles. The van der Waals surface area contributed by atoms with E-state index in [1.165, 1.54) is 6.42 Å². The molecule has 0 radical (unpaired) electrons. The Morgan fingerprint density at radius 1 is 1.24 bits per heavy atom. The topological polar surface area (TPSA) is 49.8 Å². The molecular weight excluding hydrogens is 266 g/mol. The van der Waals surface area contributed by atoms with Crippen LogP contribution >= 0.6 is 0 Å². The Labute approximate surface area is 125 Å². The lowest BCUT2D eigenvalue weighted by molar-refractivity contribution is -0.155. The van der Waals surface area contributed by atoms with Crippen molar-refractivity contribution in [1.29, 1.82) is 0 Å². The van der Waals surface area contributed by atoms with Crippen LogP contribution in [0.5, 0.6) is 5.75 Å². The lowest BCUT2D eigenvalue weighted by Gasteiger charge is -2.46. The van der Waals surface area contributed by atoms with Gasteiger partial charge in [0.2, 0.25) is 0 Å². The zero-order valence-corrected chi connectivity index (χ0v) is 12.6. The molecule has 1 aromatic carbocycles. The van der Waals surface area contributed by atoms with Crippen LogP contribution in [0.4, 0.5) is 0 Å². The smallest absolute Gasteiger partial charge is 0.328 e. The number of nitrogens with zero attached hydrogens (tertiary/aromatic N) is 1. The molecule has 3 rings (SSSR count). The summed E-state index contributed by atoms with van der Waals surface area (Å²) in [5.74, 6) is 0.115. The standard InChI is InChI=1S/C17H23NO3/c1-21-14-7-8-15-13(12-14)6-5-9-17(15,16(19)20)18-10-3-2-4-11-18/h7-8,12H,2-6,9-11H2,1H3,(H,19,20). The molecule has 1 N–H and O–H groups in total. The zero-order chi connectivity index (χ0) is 14.9. The summed E-state index contributed by atoms with van der Waals surface area (Å²) < 4.78 is 5.29. The molecule has 1 aliphatic heterocycles. The monoisotopic (exact) mass is 289 g/mol. The maximum Gasteiger partial charge on any atom is 0.328 e. The predicted molar refractivity (Wildman–Crippen MR) is 80.7 cm³/mol. The van der Waals surface area contributed by atoms with Gasteiger partial charge in [-0.05, 0) is 68.5 Å². The number of aryl methyl sites for hydroxylation is 1. The number of likely N-dealkylation sites (tertiary alicyclic amines) is 1. The molecule has 21 heavy (non-hydrogen) atoms. The van der Waals surface area contributed by atoms with Crippen LogP contribution in [0.25, 0.3) is 0 Å². The summed E-state index contributed by atoms with van der Waals surface area (Å²) in [6.07, 6.45) is 5.97. The van der Waals surface area contributed by atoms with E-state index in [2.05, 4.69) is 4.90 Å². The van der Waals surface area contributed by atoms with Crippen molar-refractivity contribution in [3.63, 3.8) is 0 Å². The number of rotatable bonds is 3. The van der Waals surface area contributed by atoms with E-state index in [9.17, 15) is 9.90 Å². The van der Waals surface area contributed by atoms with Crippen LogP contribution in [0.2, 0.25) is 0 Å². The summed E-state index contributed by atoms with van der Waals surface area (Å²) >= 11 is 0. The average molecular weight is 289 g/mol. The summed E-state index contributed by atoms with van der Waals surface area (Å²) in [7, 11) is 1.65. The largest absolute Gasteiger partial charge is 0.497 e. The lowest BCUT2D eigenvalue weighted by Crippen LogP contribution is -2.55. The number of benzene rings is 1. The van der Waals surface area contributed by atoms with E-state index in [1.807, 2.05) is 18.2 Å². The second-order valence-electron chi connectivity index (χ2n) is 6.09. The Hall–Kier alpha value is -1.55. The van der Waals surface area contributed by atoms with Gasteiger partial charge in [0.05, 0.1) is 7.11 Å². The van der Waals surface area contributed by atoms with Crippen LogP contribution in [-0.2, 0) is 16.8 Å². The molecule has 0 amide bonds. The third kappa shape index (κ3) is 2.31. The number of piperidine rings is 1. The first-order chi connectivity index (χ1) is 10.2. The highest BCUT2D eigenvalue weighted by molar-refractivity contribution is 5.82. The number of carbonyl (C=O) groups is 1. The van der Waals surface area contributed by atoms with Gasteiger partial charge in [-0.15, -0.1) is 0 Å². The van der Waals surface area contributed by atoms with Gasteiger partial charge in [0.15, 0.2) is 0 Å². The summed E-state index contributed by atoms with van der Waals surface area (Å²) in [4.78, 5) is 14.4. The van der Waals surface area contributed by atoms with Gasteiger partial charge in [0.25, 0.3) is 0 Å². The number of carboxylic acid groups (broad SMARTS) is 1. The molecule has 1 fully saturated rings. The van der Waals surface area contributed by atoms with Crippen LogP contribution in [0.1, 0.15) is 43.2 Å². The summed E-state index contributed by atoms with van der Waals surface area (Å²) in [5, 5.41) is 10.0. The van der Waals surface area contributed by atoms with Crippen molar-refractivity contribution in [2.45, 2.75) is 44.1 Å². The molecule has 1 aliphatic carbocycles. The zero-order valence-electron chi connectivity index (χ0n) is 12.6. The maximum absolute atomic E-state index is 12.2. The number of fused-ring (bicyclic) bond motifs is 1. The van der Waals surface area contributed by atoms with Gasteiger partial charge in [-0.3, -0.25) is 4.90 Å².